The fraction of sp³-hybridized carbons (Fsp3) is 0.226. The van der Waals surface area contributed by atoms with Gasteiger partial charge in [0, 0.05) is 18.7 Å². The Bertz CT molecular complexity index is 1370. The number of fused-ring (bicyclic) bond motifs is 1. The van der Waals surface area contributed by atoms with Crippen molar-refractivity contribution in [1.29, 1.82) is 0 Å². The SMILES string of the molecule is CCCN(CC(=O)N(Cc1ccc2c(c1)OCO2)Cc1ccco1)C(=O)c1ccc(-c2ccccc2)cc1. The first-order valence-electron chi connectivity index (χ1n) is 12.7. The number of hydrogen-bond donors (Lipinski definition) is 0. The molecule has 0 bridgehead atoms. The summed E-state index contributed by atoms with van der Waals surface area (Å²) in [5, 5.41) is 0. The predicted octanol–water partition coefficient (Wildman–Crippen LogP) is 5.76. The molecule has 5 rings (SSSR count). The van der Waals surface area contributed by atoms with Crippen LogP contribution in [0.4, 0.5) is 0 Å². The van der Waals surface area contributed by atoms with E-state index in [1.807, 2.05) is 85.8 Å². The lowest BCUT2D eigenvalue weighted by atomic mass is 10.0. The van der Waals surface area contributed by atoms with Crippen molar-refractivity contribution in [3.8, 4) is 22.6 Å². The van der Waals surface area contributed by atoms with Gasteiger partial charge in [-0.25, -0.2) is 0 Å². The minimum Gasteiger partial charge on any atom is -0.467 e. The third-order valence-electron chi connectivity index (χ3n) is 6.44. The molecule has 0 spiro atoms. The van der Waals surface area contributed by atoms with Crippen LogP contribution in [0.2, 0.25) is 0 Å². The van der Waals surface area contributed by atoms with Gasteiger partial charge in [0.15, 0.2) is 11.5 Å². The zero-order valence-corrected chi connectivity index (χ0v) is 21.3. The first kappa shape index (κ1) is 25.1. The minimum absolute atomic E-state index is 0.0294. The standard InChI is InChI=1S/C31H30N2O5/c1-2-16-32(31(35)26-13-11-25(12-14-26)24-7-4-3-5-8-24)21-30(34)33(20-27-9-6-17-36-27)19-23-10-15-28-29(18-23)38-22-37-28/h3-15,17-18H,2,16,19-22H2,1H3. The molecular formula is C31H30N2O5. The number of nitrogens with zero attached hydrogens (tertiary/aromatic N) is 2. The van der Waals surface area contributed by atoms with Crippen LogP contribution in [0.25, 0.3) is 11.1 Å². The fourth-order valence-electron chi connectivity index (χ4n) is 4.49. The number of rotatable bonds is 10. The number of carbonyl (C=O) groups excluding carboxylic acids is 2. The number of carbonyl (C=O) groups is 2. The lowest BCUT2D eigenvalue weighted by molar-refractivity contribution is -0.133. The van der Waals surface area contributed by atoms with Crippen molar-refractivity contribution in [2.24, 2.45) is 0 Å². The molecule has 1 aliphatic rings. The van der Waals surface area contributed by atoms with E-state index < -0.39 is 0 Å². The normalized spacial score (nSPS) is 11.8. The highest BCUT2D eigenvalue weighted by Crippen LogP contribution is 2.33. The highest BCUT2D eigenvalue weighted by molar-refractivity contribution is 5.97. The monoisotopic (exact) mass is 510 g/mol. The van der Waals surface area contributed by atoms with Crippen LogP contribution in [0, 0.1) is 0 Å². The average molecular weight is 511 g/mol. The topological polar surface area (TPSA) is 72.2 Å². The minimum atomic E-state index is -0.166. The van der Waals surface area contributed by atoms with Gasteiger partial charge in [0.05, 0.1) is 12.8 Å². The molecule has 0 radical (unpaired) electrons. The van der Waals surface area contributed by atoms with Crippen molar-refractivity contribution in [2.75, 3.05) is 19.9 Å². The Morgan fingerprint density at radius 3 is 2.29 bits per heavy atom. The largest absolute Gasteiger partial charge is 0.467 e. The van der Waals surface area contributed by atoms with Crippen molar-refractivity contribution >= 4 is 11.8 Å². The van der Waals surface area contributed by atoms with Crippen molar-refractivity contribution in [3.05, 3.63) is 108 Å². The summed E-state index contributed by atoms with van der Waals surface area (Å²) < 4.78 is 16.4. The molecule has 0 aliphatic carbocycles. The van der Waals surface area contributed by atoms with E-state index >= 15 is 0 Å². The lowest BCUT2D eigenvalue weighted by Gasteiger charge is -2.27. The molecule has 38 heavy (non-hydrogen) atoms. The quantitative estimate of drug-likeness (QED) is 0.271. The molecule has 194 valence electrons. The molecular weight excluding hydrogens is 480 g/mol. The number of ether oxygens (including phenoxy) is 2. The number of amides is 2. The zero-order chi connectivity index (χ0) is 26.3. The van der Waals surface area contributed by atoms with E-state index in [9.17, 15) is 9.59 Å². The van der Waals surface area contributed by atoms with E-state index in [4.69, 9.17) is 13.9 Å². The second-order valence-corrected chi connectivity index (χ2v) is 9.19. The van der Waals surface area contributed by atoms with E-state index in [-0.39, 0.29) is 25.2 Å². The van der Waals surface area contributed by atoms with Gasteiger partial charge in [-0.3, -0.25) is 9.59 Å². The number of hydrogen-bond acceptors (Lipinski definition) is 5. The molecule has 2 heterocycles. The van der Waals surface area contributed by atoms with Crippen LogP contribution in [0.3, 0.4) is 0 Å². The molecule has 2 amide bonds. The first-order valence-corrected chi connectivity index (χ1v) is 12.7. The second-order valence-electron chi connectivity index (χ2n) is 9.19. The Labute approximate surface area is 222 Å². The maximum Gasteiger partial charge on any atom is 0.254 e. The van der Waals surface area contributed by atoms with Crippen LogP contribution >= 0.6 is 0 Å². The number of furan rings is 1. The summed E-state index contributed by atoms with van der Waals surface area (Å²) in [6.45, 7) is 3.27. The molecule has 0 atom stereocenters. The van der Waals surface area contributed by atoms with Gasteiger partial charge >= 0.3 is 0 Å². The van der Waals surface area contributed by atoms with Gasteiger partial charge in [0.2, 0.25) is 12.7 Å². The van der Waals surface area contributed by atoms with Gasteiger partial charge in [-0.15, -0.1) is 0 Å². The zero-order valence-electron chi connectivity index (χ0n) is 21.3. The molecule has 0 saturated heterocycles. The van der Waals surface area contributed by atoms with Gasteiger partial charge in [-0.1, -0.05) is 55.5 Å². The summed E-state index contributed by atoms with van der Waals surface area (Å²) in [5.41, 5.74) is 3.58. The Kier molecular flexibility index (Phi) is 7.73. The molecule has 0 N–H and O–H groups in total. The van der Waals surface area contributed by atoms with Crippen LogP contribution < -0.4 is 9.47 Å². The maximum atomic E-state index is 13.6. The Balaban J connectivity index is 1.32. The van der Waals surface area contributed by atoms with Crippen molar-refractivity contribution in [3.63, 3.8) is 0 Å². The summed E-state index contributed by atoms with van der Waals surface area (Å²) in [5.74, 6) is 1.69. The van der Waals surface area contributed by atoms with Gasteiger partial charge in [0.1, 0.15) is 12.3 Å². The summed E-state index contributed by atoms with van der Waals surface area (Å²) in [6.07, 6.45) is 2.33. The summed E-state index contributed by atoms with van der Waals surface area (Å²) >= 11 is 0. The molecule has 4 aromatic rings. The van der Waals surface area contributed by atoms with E-state index in [0.717, 1.165) is 23.1 Å². The molecule has 0 fully saturated rings. The number of benzene rings is 3. The summed E-state index contributed by atoms with van der Waals surface area (Å²) in [4.78, 5) is 30.4. The lowest BCUT2D eigenvalue weighted by Crippen LogP contribution is -2.42. The molecule has 3 aromatic carbocycles. The van der Waals surface area contributed by atoms with E-state index in [1.165, 1.54) is 0 Å². The molecule has 1 aromatic heterocycles. The molecule has 7 heteroatoms. The van der Waals surface area contributed by atoms with Crippen LogP contribution in [0.15, 0.2) is 95.6 Å². The van der Waals surface area contributed by atoms with E-state index in [0.29, 0.717) is 42.5 Å². The molecule has 0 unspecified atom stereocenters. The van der Waals surface area contributed by atoms with Crippen LogP contribution in [0.1, 0.15) is 35.0 Å². The van der Waals surface area contributed by atoms with Gasteiger partial charge in [-0.05, 0) is 59.5 Å². The Morgan fingerprint density at radius 1 is 0.789 bits per heavy atom. The predicted molar refractivity (Wildman–Crippen MR) is 144 cm³/mol. The highest BCUT2D eigenvalue weighted by Gasteiger charge is 2.24. The molecule has 7 nitrogen and oxygen atoms in total. The van der Waals surface area contributed by atoms with E-state index in [1.54, 1.807) is 22.1 Å². The van der Waals surface area contributed by atoms with Crippen LogP contribution in [-0.2, 0) is 17.9 Å². The van der Waals surface area contributed by atoms with Crippen molar-refractivity contribution in [1.82, 2.24) is 9.80 Å². The second kappa shape index (κ2) is 11.7. The molecule has 1 aliphatic heterocycles. The van der Waals surface area contributed by atoms with Gasteiger partial charge < -0.3 is 23.7 Å². The first-order chi connectivity index (χ1) is 18.6. The van der Waals surface area contributed by atoms with Crippen molar-refractivity contribution < 1.29 is 23.5 Å². The summed E-state index contributed by atoms with van der Waals surface area (Å²) in [7, 11) is 0. The Morgan fingerprint density at radius 2 is 1.55 bits per heavy atom. The third-order valence-corrected chi connectivity index (χ3v) is 6.44. The fourth-order valence-corrected chi connectivity index (χ4v) is 4.49. The highest BCUT2D eigenvalue weighted by atomic mass is 16.7. The molecule has 0 saturated carbocycles. The van der Waals surface area contributed by atoms with Crippen molar-refractivity contribution in [2.45, 2.75) is 26.4 Å². The smallest absolute Gasteiger partial charge is 0.254 e. The third kappa shape index (κ3) is 5.89. The van der Waals surface area contributed by atoms with Gasteiger partial charge in [-0.2, -0.15) is 0 Å². The van der Waals surface area contributed by atoms with E-state index in [2.05, 4.69) is 0 Å². The average Bonchev–Trinajstić information content (AvgIpc) is 3.64. The van der Waals surface area contributed by atoms with Crippen LogP contribution in [0.5, 0.6) is 11.5 Å². The van der Waals surface area contributed by atoms with Crippen LogP contribution in [-0.4, -0.2) is 41.5 Å². The Hall–Kier alpha value is -4.52. The summed E-state index contributed by atoms with van der Waals surface area (Å²) in [6, 6.07) is 26.8. The van der Waals surface area contributed by atoms with Gasteiger partial charge in [0.25, 0.3) is 5.91 Å². The maximum absolute atomic E-state index is 13.6.